The maximum absolute atomic E-state index is 13.8. The molecule has 1 saturated heterocycles. The lowest BCUT2D eigenvalue weighted by atomic mass is 10.1. The third-order valence-corrected chi connectivity index (χ3v) is 6.75. The van der Waals surface area contributed by atoms with Crippen LogP contribution in [0.25, 0.3) is 11.2 Å². The summed E-state index contributed by atoms with van der Waals surface area (Å²) in [4.78, 5) is 69.9. The number of para-hydroxylation sites is 1. The number of ketones is 1. The molecule has 1 aliphatic rings. The number of nitro groups is 1. The number of piperidine rings is 1. The molecule has 1 unspecified atom stereocenters. The first kappa shape index (κ1) is 30.0. The van der Waals surface area contributed by atoms with Crippen molar-refractivity contribution in [3.63, 3.8) is 0 Å². The van der Waals surface area contributed by atoms with Crippen LogP contribution in [0.1, 0.15) is 50.9 Å². The number of aryl methyl sites for hydroxylation is 1. The van der Waals surface area contributed by atoms with Gasteiger partial charge in [-0.05, 0) is 46.6 Å². The van der Waals surface area contributed by atoms with E-state index in [-0.39, 0.29) is 29.3 Å². The zero-order valence-corrected chi connectivity index (χ0v) is 24.2. The first-order valence-corrected chi connectivity index (χ1v) is 13.4. The number of ether oxygens (including phenoxy) is 1. The maximum atomic E-state index is 13.8. The van der Waals surface area contributed by atoms with E-state index in [4.69, 9.17) is 4.74 Å². The lowest BCUT2D eigenvalue weighted by molar-refractivity contribution is -0.385. The summed E-state index contributed by atoms with van der Waals surface area (Å²) in [5, 5.41) is 14.3. The number of carbonyl (C=O) groups is 2. The Hall–Kier alpha value is -4.93. The van der Waals surface area contributed by atoms with Gasteiger partial charge in [0.15, 0.2) is 16.9 Å². The molecule has 0 aliphatic carbocycles. The quantitative estimate of drug-likeness (QED) is 0.191. The maximum Gasteiger partial charge on any atom is 0.407 e. The first-order chi connectivity index (χ1) is 19.8. The van der Waals surface area contributed by atoms with Crippen LogP contribution in [0.15, 0.2) is 33.9 Å². The van der Waals surface area contributed by atoms with Gasteiger partial charge in [-0.25, -0.2) is 9.59 Å². The van der Waals surface area contributed by atoms with Crippen LogP contribution in [0.5, 0.6) is 0 Å². The van der Waals surface area contributed by atoms with Crippen LogP contribution in [-0.2, 0) is 24.9 Å². The Kier molecular flexibility index (Phi) is 8.51. The van der Waals surface area contributed by atoms with Crippen molar-refractivity contribution < 1.29 is 19.2 Å². The molecule has 1 fully saturated rings. The number of nitrogens with zero attached hydrogens (tertiary/aromatic N) is 6. The van der Waals surface area contributed by atoms with E-state index >= 15 is 0 Å². The number of imidazole rings is 1. The van der Waals surface area contributed by atoms with E-state index < -0.39 is 45.9 Å². The van der Waals surface area contributed by atoms with E-state index in [1.807, 2.05) is 4.90 Å². The van der Waals surface area contributed by atoms with Crippen LogP contribution >= 0.6 is 0 Å². The number of benzene rings is 1. The Morgan fingerprint density at radius 3 is 2.60 bits per heavy atom. The van der Waals surface area contributed by atoms with Gasteiger partial charge in [0, 0.05) is 32.2 Å². The van der Waals surface area contributed by atoms with Crippen molar-refractivity contribution in [2.24, 2.45) is 7.05 Å². The topological polar surface area (TPSA) is 164 Å². The Bertz CT molecular complexity index is 1730. The van der Waals surface area contributed by atoms with Gasteiger partial charge in [-0.1, -0.05) is 18.1 Å². The summed E-state index contributed by atoms with van der Waals surface area (Å²) < 4.78 is 8.91. The molecule has 222 valence electrons. The Labute approximate surface area is 241 Å². The zero-order chi connectivity index (χ0) is 30.8. The largest absolute Gasteiger partial charge is 0.444 e. The minimum Gasteiger partial charge on any atom is -0.444 e. The first-order valence-electron chi connectivity index (χ1n) is 13.4. The minimum absolute atomic E-state index is 0.0624. The van der Waals surface area contributed by atoms with Gasteiger partial charge in [-0.15, -0.1) is 5.92 Å². The van der Waals surface area contributed by atoms with Gasteiger partial charge in [0.1, 0.15) is 5.60 Å². The van der Waals surface area contributed by atoms with E-state index in [2.05, 4.69) is 22.1 Å². The summed E-state index contributed by atoms with van der Waals surface area (Å²) >= 11 is 0. The molecular formula is C28H33N7O7. The molecule has 1 aliphatic heterocycles. The van der Waals surface area contributed by atoms with Crippen molar-refractivity contribution in [1.29, 1.82) is 0 Å². The molecule has 2 aromatic heterocycles. The highest BCUT2D eigenvalue weighted by atomic mass is 16.6. The molecule has 3 aromatic rings. The van der Waals surface area contributed by atoms with Crippen LogP contribution in [0.3, 0.4) is 0 Å². The molecule has 0 saturated carbocycles. The summed E-state index contributed by atoms with van der Waals surface area (Å²) in [6.07, 6.45) is 0.897. The number of rotatable bonds is 7. The standard InChI is InChI=1S/C28H33N7O7/c1-6-7-15-33-22-23(30-25(33)32-14-10-11-18(16-32)29-26(38)42-28(2,3)4)31(5)27(39)34(24(22)37)17-21(36)19-12-8-9-13-20(19)35(40)41/h8-9,12-13,18H,10-11,14-17H2,1-5H3,(H,29,38). The molecule has 1 amide bonds. The third-order valence-electron chi connectivity index (χ3n) is 6.75. The molecule has 1 N–H and O–H groups in total. The molecule has 1 atom stereocenters. The van der Waals surface area contributed by atoms with Crippen LogP contribution in [-0.4, -0.2) is 60.2 Å². The fourth-order valence-corrected chi connectivity index (χ4v) is 4.90. The molecule has 1 aromatic carbocycles. The second kappa shape index (κ2) is 11.9. The number of nitrogens with one attached hydrogen (secondary N) is 1. The number of Topliss-reactive ketones (excluding diaryl/α,β-unsaturated/α-hetero) is 1. The van der Waals surface area contributed by atoms with E-state index in [1.165, 1.54) is 35.9 Å². The number of carbonyl (C=O) groups excluding carboxylic acids is 2. The highest BCUT2D eigenvalue weighted by Gasteiger charge is 2.30. The second-order valence-electron chi connectivity index (χ2n) is 11.0. The number of amides is 1. The van der Waals surface area contributed by atoms with Gasteiger partial charge in [-0.2, -0.15) is 4.98 Å². The lowest BCUT2D eigenvalue weighted by Crippen LogP contribution is -2.49. The summed E-state index contributed by atoms with van der Waals surface area (Å²) in [5.74, 6) is 5.37. The molecule has 0 bridgehead atoms. The van der Waals surface area contributed by atoms with Crippen LogP contribution in [0, 0.1) is 22.0 Å². The molecule has 0 radical (unpaired) electrons. The number of fused-ring (bicyclic) bond motifs is 1. The highest BCUT2D eigenvalue weighted by Crippen LogP contribution is 2.24. The van der Waals surface area contributed by atoms with E-state index in [9.17, 15) is 29.3 Å². The summed E-state index contributed by atoms with van der Waals surface area (Å²) in [5.41, 5.74) is -2.67. The van der Waals surface area contributed by atoms with E-state index in [0.29, 0.717) is 25.5 Å². The van der Waals surface area contributed by atoms with E-state index in [1.54, 1.807) is 32.3 Å². The number of alkyl carbamates (subject to hydrolysis) is 1. The van der Waals surface area contributed by atoms with Crippen LogP contribution in [0.2, 0.25) is 0 Å². The Morgan fingerprint density at radius 1 is 1.21 bits per heavy atom. The van der Waals surface area contributed by atoms with Gasteiger partial charge < -0.3 is 15.0 Å². The predicted octanol–water partition coefficient (Wildman–Crippen LogP) is 2.20. The third kappa shape index (κ3) is 6.19. The number of anilines is 1. The van der Waals surface area contributed by atoms with Crippen LogP contribution in [0.4, 0.5) is 16.4 Å². The zero-order valence-electron chi connectivity index (χ0n) is 24.2. The fourth-order valence-electron chi connectivity index (χ4n) is 4.90. The summed E-state index contributed by atoms with van der Waals surface area (Å²) in [6.45, 7) is 7.33. The average molecular weight is 580 g/mol. The predicted molar refractivity (Wildman–Crippen MR) is 155 cm³/mol. The van der Waals surface area contributed by atoms with Crippen molar-refractivity contribution in [3.8, 4) is 11.8 Å². The lowest BCUT2D eigenvalue weighted by Gasteiger charge is -2.34. The molecule has 4 rings (SSSR count). The number of hydrogen-bond acceptors (Lipinski definition) is 9. The average Bonchev–Trinajstić information content (AvgIpc) is 3.31. The highest BCUT2D eigenvalue weighted by molar-refractivity contribution is 5.99. The minimum atomic E-state index is -0.791. The van der Waals surface area contributed by atoms with Gasteiger partial charge in [0.05, 0.1) is 23.6 Å². The second-order valence-corrected chi connectivity index (χ2v) is 11.0. The molecule has 14 heteroatoms. The van der Waals surface area contributed by atoms with Gasteiger partial charge in [0.2, 0.25) is 5.95 Å². The van der Waals surface area contributed by atoms with Crippen LogP contribution < -0.4 is 21.5 Å². The van der Waals surface area contributed by atoms with E-state index in [0.717, 1.165) is 11.0 Å². The summed E-state index contributed by atoms with van der Waals surface area (Å²) in [7, 11) is 1.44. The van der Waals surface area contributed by atoms with Gasteiger partial charge in [-0.3, -0.25) is 33.4 Å². The Morgan fingerprint density at radius 2 is 1.93 bits per heavy atom. The number of hydrogen-bond donors (Lipinski definition) is 1. The molecule has 0 spiro atoms. The number of nitro benzene ring substituents is 1. The van der Waals surface area contributed by atoms with Crippen molar-refractivity contribution in [2.75, 3.05) is 18.0 Å². The normalized spacial score (nSPS) is 15.2. The smallest absolute Gasteiger partial charge is 0.407 e. The van der Waals surface area contributed by atoms with Crippen molar-refractivity contribution >= 4 is 34.7 Å². The van der Waals surface area contributed by atoms with Crippen molar-refractivity contribution in [1.82, 2.24) is 24.0 Å². The molecule has 3 heterocycles. The SMILES string of the molecule is CC#CCn1c(N2CCCC(NC(=O)OC(C)(C)C)C2)nc2c1c(=O)n(CC(=O)c1ccccc1[N+](=O)[O-])c(=O)n2C. The number of aromatic nitrogens is 4. The molecule has 42 heavy (non-hydrogen) atoms. The monoisotopic (exact) mass is 579 g/mol. The Balaban J connectivity index is 1.76. The van der Waals surface area contributed by atoms with Crippen molar-refractivity contribution in [2.45, 2.75) is 65.3 Å². The summed E-state index contributed by atoms with van der Waals surface area (Å²) in [6, 6.07) is 5.12. The molecule has 14 nitrogen and oxygen atoms in total. The van der Waals surface area contributed by atoms with Gasteiger partial charge in [0.25, 0.3) is 11.2 Å². The molecular weight excluding hydrogens is 546 g/mol. The van der Waals surface area contributed by atoms with Crippen molar-refractivity contribution in [3.05, 3.63) is 60.8 Å². The van der Waals surface area contributed by atoms with Gasteiger partial charge >= 0.3 is 11.8 Å². The fraction of sp³-hybridized carbons (Fsp3) is 0.464.